The quantitative estimate of drug-likeness (QED) is 0.615. The molecule has 0 bridgehead atoms. The molecule has 0 heterocycles. The van der Waals surface area contributed by atoms with E-state index in [-0.39, 0.29) is 6.79 Å². The maximum atomic E-state index is 12.9. The van der Waals surface area contributed by atoms with Gasteiger partial charge in [-0.2, -0.15) is 0 Å². The number of ether oxygens (including phenoxy) is 2. The Bertz CT molecular complexity index is 401. The lowest BCUT2D eigenvalue weighted by molar-refractivity contribution is -0.131. The molecule has 0 radical (unpaired) electrons. The van der Waals surface area contributed by atoms with Crippen molar-refractivity contribution in [1.82, 2.24) is 0 Å². The van der Waals surface area contributed by atoms with Crippen LogP contribution < -0.4 is 4.74 Å². The van der Waals surface area contributed by atoms with E-state index in [0.717, 1.165) is 6.08 Å². The standard InChI is InChI=1S/C11H11FO4/c1-15-7-16-10-4-3-9(12)6-8(10)2-5-11(13)14/h2-6H,7H2,1H3,(H,13,14)/b5-2+. The highest BCUT2D eigenvalue weighted by Gasteiger charge is 2.03. The molecule has 1 aromatic carbocycles. The average molecular weight is 226 g/mol. The van der Waals surface area contributed by atoms with Crippen molar-refractivity contribution >= 4 is 12.0 Å². The molecule has 86 valence electrons. The zero-order valence-electron chi connectivity index (χ0n) is 8.64. The summed E-state index contributed by atoms with van der Waals surface area (Å²) in [6, 6.07) is 3.82. The zero-order valence-corrected chi connectivity index (χ0v) is 8.64. The highest BCUT2D eigenvalue weighted by molar-refractivity contribution is 5.85. The minimum Gasteiger partial charge on any atom is -0.478 e. The van der Waals surface area contributed by atoms with Crippen molar-refractivity contribution in [1.29, 1.82) is 0 Å². The van der Waals surface area contributed by atoms with Crippen LogP contribution in [0.1, 0.15) is 5.56 Å². The maximum absolute atomic E-state index is 12.9. The molecule has 0 unspecified atom stereocenters. The second-order valence-corrected chi connectivity index (χ2v) is 2.90. The molecule has 1 aromatic rings. The lowest BCUT2D eigenvalue weighted by Gasteiger charge is -2.07. The second kappa shape index (κ2) is 5.87. The number of halogens is 1. The van der Waals surface area contributed by atoms with Crippen LogP contribution in [0.5, 0.6) is 5.75 Å². The Kier molecular flexibility index (Phi) is 4.47. The summed E-state index contributed by atoms with van der Waals surface area (Å²) in [7, 11) is 1.45. The van der Waals surface area contributed by atoms with Crippen molar-refractivity contribution in [2.45, 2.75) is 0 Å². The van der Waals surface area contributed by atoms with E-state index >= 15 is 0 Å². The lowest BCUT2D eigenvalue weighted by atomic mass is 10.2. The SMILES string of the molecule is COCOc1ccc(F)cc1/C=C/C(=O)O. The van der Waals surface area contributed by atoms with E-state index < -0.39 is 11.8 Å². The minimum absolute atomic E-state index is 0.0134. The Labute approximate surface area is 91.9 Å². The van der Waals surface area contributed by atoms with Gasteiger partial charge in [-0.15, -0.1) is 0 Å². The van der Waals surface area contributed by atoms with Gasteiger partial charge < -0.3 is 14.6 Å². The highest BCUT2D eigenvalue weighted by Crippen LogP contribution is 2.21. The van der Waals surface area contributed by atoms with Gasteiger partial charge in [0.1, 0.15) is 11.6 Å². The van der Waals surface area contributed by atoms with E-state index in [1.54, 1.807) is 0 Å². The van der Waals surface area contributed by atoms with Crippen LogP contribution in [0.2, 0.25) is 0 Å². The number of carboxylic acid groups (broad SMARTS) is 1. The largest absolute Gasteiger partial charge is 0.478 e. The normalized spacial score (nSPS) is 10.6. The Hall–Kier alpha value is -1.88. The number of hydrogen-bond acceptors (Lipinski definition) is 3. The molecule has 1 N–H and O–H groups in total. The molecule has 0 aromatic heterocycles. The summed E-state index contributed by atoms with van der Waals surface area (Å²) >= 11 is 0. The summed E-state index contributed by atoms with van der Waals surface area (Å²) in [4.78, 5) is 10.3. The summed E-state index contributed by atoms with van der Waals surface area (Å²) in [5.74, 6) is -1.21. The molecule has 4 nitrogen and oxygen atoms in total. The second-order valence-electron chi connectivity index (χ2n) is 2.90. The van der Waals surface area contributed by atoms with Gasteiger partial charge in [0.25, 0.3) is 0 Å². The van der Waals surface area contributed by atoms with E-state index in [2.05, 4.69) is 0 Å². The van der Waals surface area contributed by atoms with Gasteiger partial charge in [-0.25, -0.2) is 9.18 Å². The predicted octanol–water partition coefficient (Wildman–Crippen LogP) is 1.91. The average Bonchev–Trinajstić information content (AvgIpc) is 2.25. The molecular weight excluding hydrogens is 215 g/mol. The molecule has 0 saturated carbocycles. The molecule has 0 amide bonds. The first-order chi connectivity index (χ1) is 7.63. The molecular formula is C11H11FO4. The Balaban J connectivity index is 2.93. The first-order valence-corrected chi connectivity index (χ1v) is 4.46. The fourth-order valence-corrected chi connectivity index (χ4v) is 1.06. The molecule has 0 saturated heterocycles. The van der Waals surface area contributed by atoms with Crippen LogP contribution in [0.4, 0.5) is 4.39 Å². The maximum Gasteiger partial charge on any atom is 0.328 e. The van der Waals surface area contributed by atoms with E-state index in [9.17, 15) is 9.18 Å². The van der Waals surface area contributed by atoms with Crippen LogP contribution in [-0.4, -0.2) is 25.0 Å². The fourth-order valence-electron chi connectivity index (χ4n) is 1.06. The minimum atomic E-state index is -1.11. The van der Waals surface area contributed by atoms with E-state index in [0.29, 0.717) is 11.3 Å². The van der Waals surface area contributed by atoms with E-state index in [4.69, 9.17) is 14.6 Å². The summed E-state index contributed by atoms with van der Waals surface area (Å²) in [5.41, 5.74) is 0.347. The molecule has 0 aliphatic carbocycles. The van der Waals surface area contributed by atoms with Gasteiger partial charge in [0.05, 0.1) is 0 Å². The van der Waals surface area contributed by atoms with Crippen molar-refractivity contribution in [3.05, 3.63) is 35.7 Å². The van der Waals surface area contributed by atoms with E-state index in [1.807, 2.05) is 0 Å². The number of hydrogen-bond donors (Lipinski definition) is 1. The van der Waals surface area contributed by atoms with Crippen LogP contribution in [0.25, 0.3) is 6.08 Å². The van der Waals surface area contributed by atoms with Gasteiger partial charge >= 0.3 is 5.97 Å². The monoisotopic (exact) mass is 226 g/mol. The summed E-state index contributed by atoms with van der Waals surface area (Å²) in [6.45, 7) is 0.0134. The van der Waals surface area contributed by atoms with Crippen LogP contribution in [0.15, 0.2) is 24.3 Å². The summed E-state index contributed by atoms with van der Waals surface area (Å²) < 4.78 is 22.8. The number of carbonyl (C=O) groups is 1. The number of aliphatic carboxylic acids is 1. The topological polar surface area (TPSA) is 55.8 Å². The highest BCUT2D eigenvalue weighted by atomic mass is 19.1. The van der Waals surface area contributed by atoms with Crippen LogP contribution in [0, 0.1) is 5.82 Å². The Morgan fingerprint density at radius 1 is 1.56 bits per heavy atom. The third kappa shape index (κ3) is 3.70. The van der Waals surface area contributed by atoms with Crippen LogP contribution >= 0.6 is 0 Å². The lowest BCUT2D eigenvalue weighted by Crippen LogP contribution is -2.00. The molecule has 0 atom stereocenters. The molecule has 0 fully saturated rings. The van der Waals surface area contributed by atoms with E-state index in [1.165, 1.54) is 31.4 Å². The fraction of sp³-hybridized carbons (Fsp3) is 0.182. The van der Waals surface area contributed by atoms with Crippen LogP contribution in [-0.2, 0) is 9.53 Å². The van der Waals surface area contributed by atoms with Gasteiger partial charge in [0.15, 0.2) is 6.79 Å². The molecule has 0 aliphatic heterocycles. The third-order valence-electron chi connectivity index (χ3n) is 1.71. The van der Waals surface area contributed by atoms with Gasteiger partial charge in [-0.05, 0) is 24.3 Å². The molecule has 1 rings (SSSR count). The van der Waals surface area contributed by atoms with Gasteiger partial charge in [-0.1, -0.05) is 0 Å². The predicted molar refractivity (Wildman–Crippen MR) is 55.6 cm³/mol. The zero-order chi connectivity index (χ0) is 12.0. The summed E-state index contributed by atoms with van der Waals surface area (Å²) in [6.07, 6.45) is 2.17. The van der Waals surface area contributed by atoms with Crippen molar-refractivity contribution in [3.8, 4) is 5.75 Å². The van der Waals surface area contributed by atoms with Gasteiger partial charge in [0, 0.05) is 18.7 Å². The summed E-state index contributed by atoms with van der Waals surface area (Å²) in [5, 5.41) is 8.46. The first-order valence-electron chi connectivity index (χ1n) is 4.46. The number of rotatable bonds is 5. The van der Waals surface area contributed by atoms with Gasteiger partial charge in [0.2, 0.25) is 0 Å². The van der Waals surface area contributed by atoms with Crippen molar-refractivity contribution in [3.63, 3.8) is 0 Å². The van der Waals surface area contributed by atoms with Crippen molar-refractivity contribution in [2.75, 3.05) is 13.9 Å². The molecule has 16 heavy (non-hydrogen) atoms. The molecule has 0 aliphatic rings. The number of methoxy groups -OCH3 is 1. The van der Waals surface area contributed by atoms with Crippen LogP contribution in [0.3, 0.4) is 0 Å². The first kappa shape index (κ1) is 12.2. The third-order valence-corrected chi connectivity index (χ3v) is 1.71. The Morgan fingerprint density at radius 2 is 2.31 bits per heavy atom. The van der Waals surface area contributed by atoms with Crippen molar-refractivity contribution in [2.24, 2.45) is 0 Å². The smallest absolute Gasteiger partial charge is 0.328 e. The molecule has 5 heteroatoms. The number of benzene rings is 1. The van der Waals surface area contributed by atoms with Gasteiger partial charge in [-0.3, -0.25) is 0 Å². The number of carboxylic acids is 1. The Morgan fingerprint density at radius 3 is 2.94 bits per heavy atom. The van der Waals surface area contributed by atoms with Crippen molar-refractivity contribution < 1.29 is 23.8 Å². The molecule has 0 spiro atoms.